The van der Waals surface area contributed by atoms with E-state index in [0.29, 0.717) is 22.6 Å². The normalized spacial score (nSPS) is 10.6. The zero-order valence-corrected chi connectivity index (χ0v) is 12.2. The molecule has 5 heteroatoms. The number of benzene rings is 2. The van der Waals surface area contributed by atoms with E-state index in [1.807, 2.05) is 0 Å². The molecule has 0 unspecified atom stereocenters. The zero-order chi connectivity index (χ0) is 15.5. The Kier molecular flexibility index (Phi) is 3.94. The second-order valence-electron chi connectivity index (χ2n) is 4.66. The quantitative estimate of drug-likeness (QED) is 0.320. The molecule has 0 saturated heterocycles. The molecule has 3 aromatic rings. The SMILES string of the molecule is O=C(Oc1ccccc1)c1cc2cc(CCl)ccc2oc1=O. The molecule has 1 heterocycles. The first-order valence-corrected chi connectivity index (χ1v) is 7.11. The first-order valence-electron chi connectivity index (χ1n) is 6.57. The lowest BCUT2D eigenvalue weighted by Crippen LogP contribution is -2.18. The van der Waals surface area contributed by atoms with E-state index in [1.54, 1.807) is 48.5 Å². The second-order valence-corrected chi connectivity index (χ2v) is 4.92. The number of hydrogen-bond donors (Lipinski definition) is 0. The van der Waals surface area contributed by atoms with Crippen molar-refractivity contribution < 1.29 is 13.9 Å². The number of carbonyl (C=O) groups excluding carboxylic acids is 1. The fourth-order valence-electron chi connectivity index (χ4n) is 2.05. The Balaban J connectivity index is 2.00. The molecule has 0 fully saturated rings. The van der Waals surface area contributed by atoms with Gasteiger partial charge in [0.2, 0.25) is 0 Å². The summed E-state index contributed by atoms with van der Waals surface area (Å²) < 4.78 is 10.3. The fraction of sp³-hybridized carbons (Fsp3) is 0.0588. The molecule has 2 aromatic carbocycles. The van der Waals surface area contributed by atoms with Crippen molar-refractivity contribution in [3.63, 3.8) is 0 Å². The molecule has 0 N–H and O–H groups in total. The summed E-state index contributed by atoms with van der Waals surface area (Å²) in [5.41, 5.74) is 0.385. The molecular formula is C17H11ClO4. The van der Waals surface area contributed by atoms with Gasteiger partial charge in [-0.3, -0.25) is 0 Å². The number of carbonyl (C=O) groups is 1. The fourth-order valence-corrected chi connectivity index (χ4v) is 2.22. The van der Waals surface area contributed by atoms with E-state index in [0.717, 1.165) is 5.56 Å². The Morgan fingerprint density at radius 2 is 1.86 bits per heavy atom. The number of rotatable bonds is 3. The summed E-state index contributed by atoms with van der Waals surface area (Å²) in [5.74, 6) is -0.0570. The summed E-state index contributed by atoms with van der Waals surface area (Å²) in [4.78, 5) is 24.1. The molecule has 0 aliphatic heterocycles. The highest BCUT2D eigenvalue weighted by atomic mass is 35.5. The van der Waals surface area contributed by atoms with Gasteiger partial charge >= 0.3 is 11.6 Å². The van der Waals surface area contributed by atoms with Gasteiger partial charge in [0.25, 0.3) is 0 Å². The Labute approximate surface area is 130 Å². The van der Waals surface area contributed by atoms with Crippen LogP contribution in [0, 0.1) is 0 Å². The lowest BCUT2D eigenvalue weighted by molar-refractivity contribution is 0.0730. The Hall–Kier alpha value is -2.59. The molecule has 3 rings (SSSR count). The van der Waals surface area contributed by atoms with Gasteiger partial charge in [0.1, 0.15) is 16.9 Å². The van der Waals surface area contributed by atoms with Crippen LogP contribution in [0.3, 0.4) is 0 Å². The van der Waals surface area contributed by atoms with Gasteiger partial charge in [-0.05, 0) is 35.9 Å². The predicted octanol–water partition coefficient (Wildman–Crippen LogP) is 3.75. The third-order valence-electron chi connectivity index (χ3n) is 3.12. The molecule has 1 aromatic heterocycles. The summed E-state index contributed by atoms with van der Waals surface area (Å²) in [7, 11) is 0. The van der Waals surface area contributed by atoms with Gasteiger partial charge in [-0.15, -0.1) is 11.6 Å². The highest BCUT2D eigenvalue weighted by Crippen LogP contribution is 2.18. The largest absolute Gasteiger partial charge is 0.423 e. The van der Waals surface area contributed by atoms with E-state index in [4.69, 9.17) is 20.8 Å². The van der Waals surface area contributed by atoms with Crippen LogP contribution in [0.15, 0.2) is 63.8 Å². The van der Waals surface area contributed by atoms with Crippen molar-refractivity contribution in [1.29, 1.82) is 0 Å². The van der Waals surface area contributed by atoms with Crippen LogP contribution in [0.1, 0.15) is 15.9 Å². The van der Waals surface area contributed by atoms with Crippen LogP contribution in [-0.2, 0) is 5.88 Å². The molecule has 0 atom stereocenters. The number of para-hydroxylation sites is 1. The van der Waals surface area contributed by atoms with E-state index in [1.165, 1.54) is 6.07 Å². The summed E-state index contributed by atoms with van der Waals surface area (Å²) in [5, 5.41) is 0.623. The lowest BCUT2D eigenvalue weighted by atomic mass is 10.1. The molecule has 0 aliphatic rings. The molecule has 0 aliphatic carbocycles. The molecule has 4 nitrogen and oxygen atoms in total. The Bertz CT molecular complexity index is 884. The van der Waals surface area contributed by atoms with Gasteiger partial charge in [-0.2, -0.15) is 0 Å². The van der Waals surface area contributed by atoms with Crippen LogP contribution in [0.25, 0.3) is 11.0 Å². The number of ether oxygens (including phenoxy) is 1. The van der Waals surface area contributed by atoms with Crippen LogP contribution in [0.4, 0.5) is 0 Å². The minimum Gasteiger partial charge on any atom is -0.423 e. The van der Waals surface area contributed by atoms with Gasteiger partial charge in [0, 0.05) is 11.3 Å². The molecule has 0 radical (unpaired) electrons. The second kappa shape index (κ2) is 6.03. The van der Waals surface area contributed by atoms with Gasteiger partial charge in [-0.25, -0.2) is 9.59 Å². The van der Waals surface area contributed by atoms with Gasteiger partial charge in [0.15, 0.2) is 0 Å². The minimum absolute atomic E-state index is 0.150. The highest BCUT2D eigenvalue weighted by molar-refractivity contribution is 6.17. The van der Waals surface area contributed by atoms with Crippen LogP contribution < -0.4 is 10.4 Å². The van der Waals surface area contributed by atoms with Gasteiger partial charge < -0.3 is 9.15 Å². The van der Waals surface area contributed by atoms with Gasteiger partial charge in [-0.1, -0.05) is 24.3 Å². The van der Waals surface area contributed by atoms with E-state index >= 15 is 0 Å². The number of fused-ring (bicyclic) bond motifs is 1. The van der Waals surface area contributed by atoms with Crippen molar-refractivity contribution in [2.75, 3.05) is 0 Å². The molecule has 0 spiro atoms. The predicted molar refractivity (Wildman–Crippen MR) is 83.4 cm³/mol. The molecule has 0 amide bonds. The highest BCUT2D eigenvalue weighted by Gasteiger charge is 2.16. The van der Waals surface area contributed by atoms with Crippen LogP contribution in [-0.4, -0.2) is 5.97 Å². The maximum atomic E-state index is 12.1. The smallest absolute Gasteiger partial charge is 0.351 e. The molecule has 0 saturated carbocycles. The van der Waals surface area contributed by atoms with E-state index in [-0.39, 0.29) is 5.56 Å². The van der Waals surface area contributed by atoms with Gasteiger partial charge in [0.05, 0.1) is 0 Å². The lowest BCUT2D eigenvalue weighted by Gasteiger charge is -2.05. The minimum atomic E-state index is -0.752. The first-order chi connectivity index (χ1) is 10.7. The zero-order valence-electron chi connectivity index (χ0n) is 11.4. The third kappa shape index (κ3) is 2.87. The number of esters is 1. The number of hydrogen-bond acceptors (Lipinski definition) is 4. The third-order valence-corrected chi connectivity index (χ3v) is 3.43. The van der Waals surface area contributed by atoms with Crippen molar-refractivity contribution in [1.82, 2.24) is 0 Å². The van der Waals surface area contributed by atoms with E-state index in [2.05, 4.69) is 0 Å². The van der Waals surface area contributed by atoms with Crippen molar-refractivity contribution in [2.45, 2.75) is 5.88 Å². The molecule has 22 heavy (non-hydrogen) atoms. The van der Waals surface area contributed by atoms with Crippen molar-refractivity contribution >= 4 is 28.5 Å². The van der Waals surface area contributed by atoms with E-state index in [9.17, 15) is 9.59 Å². The molecule has 110 valence electrons. The molecular weight excluding hydrogens is 304 g/mol. The summed E-state index contributed by atoms with van der Waals surface area (Å²) in [6.07, 6.45) is 0. The van der Waals surface area contributed by atoms with Crippen molar-refractivity contribution in [3.05, 3.63) is 76.1 Å². The van der Waals surface area contributed by atoms with Crippen molar-refractivity contribution in [2.24, 2.45) is 0 Å². The average Bonchev–Trinajstić information content (AvgIpc) is 2.54. The summed E-state index contributed by atoms with van der Waals surface area (Å²) in [6, 6.07) is 15.2. The monoisotopic (exact) mass is 314 g/mol. The average molecular weight is 315 g/mol. The van der Waals surface area contributed by atoms with E-state index < -0.39 is 11.6 Å². The topological polar surface area (TPSA) is 56.5 Å². The maximum Gasteiger partial charge on any atom is 0.351 e. The van der Waals surface area contributed by atoms with Crippen LogP contribution in [0.5, 0.6) is 5.75 Å². The van der Waals surface area contributed by atoms with Crippen LogP contribution in [0.2, 0.25) is 0 Å². The maximum absolute atomic E-state index is 12.1. The summed E-state index contributed by atoms with van der Waals surface area (Å²) >= 11 is 5.78. The first kappa shape index (κ1) is 14.4. The Morgan fingerprint density at radius 1 is 1.09 bits per heavy atom. The Morgan fingerprint density at radius 3 is 2.59 bits per heavy atom. The number of alkyl halides is 1. The number of halogens is 1. The molecule has 0 bridgehead atoms. The van der Waals surface area contributed by atoms with Crippen molar-refractivity contribution in [3.8, 4) is 5.75 Å². The van der Waals surface area contributed by atoms with Crippen LogP contribution >= 0.6 is 11.6 Å². The standard InChI is InChI=1S/C17H11ClO4/c18-10-11-6-7-15-12(8-11)9-14(17(20)22-15)16(19)21-13-4-2-1-3-5-13/h1-9H,10H2. The summed E-state index contributed by atoms with van der Waals surface area (Å²) in [6.45, 7) is 0.